The Hall–Kier alpha value is -5.09. The Bertz CT molecular complexity index is 2010. The molecule has 12 nitrogen and oxygen atoms in total. The predicted molar refractivity (Wildman–Crippen MR) is 172 cm³/mol. The lowest BCUT2D eigenvalue weighted by Crippen LogP contribution is -2.54. The number of nitrogens with one attached hydrogen (secondary N) is 3. The Morgan fingerprint density at radius 3 is 2.35 bits per heavy atom. The summed E-state index contributed by atoms with van der Waals surface area (Å²) in [5.74, 6) is -4.74. The molecular formula is C31H29ClF3N5O7S. The highest BCUT2D eigenvalue weighted by molar-refractivity contribution is 7.91. The molecule has 0 fully saturated rings. The van der Waals surface area contributed by atoms with Crippen LogP contribution in [0, 0.1) is 0 Å². The number of methoxy groups -OCH3 is 1. The summed E-state index contributed by atoms with van der Waals surface area (Å²) in [5.41, 5.74) is 2.57. The summed E-state index contributed by atoms with van der Waals surface area (Å²) < 4.78 is 77.5. The number of esters is 1. The molecule has 0 aliphatic rings. The van der Waals surface area contributed by atoms with Crippen LogP contribution in [0.15, 0.2) is 71.8 Å². The largest absolute Gasteiger partial charge is 0.497 e. The molecule has 2 amide bonds. The first-order valence-corrected chi connectivity index (χ1v) is 16.0. The molecule has 1 heterocycles. The standard InChI is InChI=1S/C31H29ClF3N5O7S/c1-4-48(44,45)26-10-6-20(39-17(2)41)14-19(26)16-38-28(42)30(47-29(43)31(33,34)35,24-15-22(46-3)7-9-25(24)32)40-21-5-8-23-18(13-21)11-12-37-27(23)36/h5-15,40H,4,16H2,1-3H3,(H2,36,37)(H,38,42)(H,39,41). The number of nitrogen functional groups attached to an aromatic ring is 1. The summed E-state index contributed by atoms with van der Waals surface area (Å²) in [5, 5.41) is 8.15. The first-order chi connectivity index (χ1) is 22.5. The summed E-state index contributed by atoms with van der Waals surface area (Å²) in [6, 6.07) is 13.3. The fourth-order valence-corrected chi connectivity index (χ4v) is 6.08. The molecular weight excluding hydrogens is 679 g/mol. The smallest absolute Gasteiger partial charge is 0.491 e. The predicted octanol–water partition coefficient (Wildman–Crippen LogP) is 4.92. The lowest BCUT2D eigenvalue weighted by molar-refractivity contribution is -0.213. The third kappa shape index (κ3) is 7.71. The second kappa shape index (κ2) is 13.9. The van der Waals surface area contributed by atoms with Crippen LogP contribution in [0.5, 0.6) is 5.75 Å². The van der Waals surface area contributed by atoms with Crippen molar-refractivity contribution in [1.29, 1.82) is 0 Å². The molecule has 5 N–H and O–H groups in total. The number of halogens is 4. The molecule has 0 saturated carbocycles. The molecule has 0 saturated heterocycles. The zero-order valence-corrected chi connectivity index (χ0v) is 27.1. The number of pyridine rings is 1. The molecule has 0 aliphatic carbocycles. The molecule has 0 radical (unpaired) electrons. The highest BCUT2D eigenvalue weighted by atomic mass is 35.5. The monoisotopic (exact) mass is 707 g/mol. The number of aromatic nitrogens is 1. The minimum Gasteiger partial charge on any atom is -0.497 e. The van der Waals surface area contributed by atoms with E-state index in [1.54, 1.807) is 6.07 Å². The quantitative estimate of drug-likeness (QED) is 0.124. The van der Waals surface area contributed by atoms with E-state index in [2.05, 4.69) is 20.9 Å². The summed E-state index contributed by atoms with van der Waals surface area (Å²) >= 11 is 6.46. The number of benzene rings is 3. The number of rotatable bonds is 11. The Morgan fingerprint density at radius 2 is 1.71 bits per heavy atom. The first-order valence-electron chi connectivity index (χ1n) is 14.0. The highest BCUT2D eigenvalue weighted by Crippen LogP contribution is 2.38. The van der Waals surface area contributed by atoms with Gasteiger partial charge in [-0.2, -0.15) is 13.2 Å². The van der Waals surface area contributed by atoms with Crippen LogP contribution in [-0.2, 0) is 41.2 Å². The Kier molecular flexibility index (Phi) is 10.4. The first kappa shape index (κ1) is 35.8. The Balaban J connectivity index is 1.92. The van der Waals surface area contributed by atoms with Crippen molar-refractivity contribution in [1.82, 2.24) is 10.3 Å². The van der Waals surface area contributed by atoms with Crippen LogP contribution in [0.2, 0.25) is 5.02 Å². The number of sulfone groups is 1. The van der Waals surface area contributed by atoms with Crippen LogP contribution in [0.4, 0.5) is 30.4 Å². The molecule has 0 aliphatic heterocycles. The second-order valence-electron chi connectivity index (χ2n) is 10.3. The zero-order valence-electron chi connectivity index (χ0n) is 25.6. The van der Waals surface area contributed by atoms with Gasteiger partial charge in [-0.05, 0) is 71.6 Å². The topological polar surface area (TPSA) is 179 Å². The normalized spacial score (nSPS) is 12.9. The van der Waals surface area contributed by atoms with Gasteiger partial charge in [0.2, 0.25) is 5.91 Å². The van der Waals surface area contributed by atoms with Crippen molar-refractivity contribution >= 4 is 67.2 Å². The number of anilines is 3. The molecule has 254 valence electrons. The van der Waals surface area contributed by atoms with E-state index in [0.717, 1.165) is 6.07 Å². The van der Waals surface area contributed by atoms with Gasteiger partial charge in [0.05, 0.1) is 22.8 Å². The van der Waals surface area contributed by atoms with Crippen molar-refractivity contribution < 1.29 is 45.4 Å². The van der Waals surface area contributed by atoms with Gasteiger partial charge < -0.3 is 31.2 Å². The number of carbonyl (C=O) groups is 3. The summed E-state index contributed by atoms with van der Waals surface area (Å²) in [7, 11) is -2.65. The van der Waals surface area contributed by atoms with E-state index < -0.39 is 51.6 Å². The summed E-state index contributed by atoms with van der Waals surface area (Å²) in [6.45, 7) is 2.00. The number of nitrogens with two attached hydrogens (primary N) is 1. The molecule has 17 heteroatoms. The summed E-state index contributed by atoms with van der Waals surface area (Å²) in [4.78, 5) is 42.3. The van der Waals surface area contributed by atoms with Gasteiger partial charge in [0.15, 0.2) is 9.84 Å². The van der Waals surface area contributed by atoms with E-state index in [4.69, 9.17) is 26.8 Å². The fraction of sp³-hybridized carbons (Fsp3) is 0.226. The lowest BCUT2D eigenvalue weighted by atomic mass is 9.99. The van der Waals surface area contributed by atoms with Gasteiger partial charge in [0.1, 0.15) is 11.6 Å². The van der Waals surface area contributed by atoms with Crippen LogP contribution in [0.25, 0.3) is 10.8 Å². The van der Waals surface area contributed by atoms with Crippen molar-refractivity contribution in [2.45, 2.75) is 37.2 Å². The molecule has 4 aromatic rings. The molecule has 48 heavy (non-hydrogen) atoms. The molecule has 4 rings (SSSR count). The number of carbonyl (C=O) groups excluding carboxylic acids is 3. The number of fused-ring (bicyclic) bond motifs is 1. The third-order valence-corrected chi connectivity index (χ3v) is 9.16. The Labute approximate surface area is 277 Å². The lowest BCUT2D eigenvalue weighted by Gasteiger charge is -2.35. The van der Waals surface area contributed by atoms with Crippen molar-refractivity contribution in [3.05, 3.63) is 83.0 Å². The van der Waals surface area contributed by atoms with Gasteiger partial charge in [0, 0.05) is 42.0 Å². The zero-order chi connectivity index (χ0) is 35.4. The van der Waals surface area contributed by atoms with E-state index in [1.165, 1.54) is 75.7 Å². The molecule has 0 spiro atoms. The van der Waals surface area contributed by atoms with Crippen LogP contribution in [0.3, 0.4) is 0 Å². The molecule has 0 bridgehead atoms. The molecule has 3 aromatic carbocycles. The van der Waals surface area contributed by atoms with E-state index in [1.807, 2.05) is 0 Å². The van der Waals surface area contributed by atoms with Gasteiger partial charge in [-0.3, -0.25) is 9.59 Å². The number of nitrogens with zero attached hydrogens (tertiary/aromatic N) is 1. The third-order valence-electron chi connectivity index (χ3n) is 7.00. The van der Waals surface area contributed by atoms with Gasteiger partial charge >= 0.3 is 12.1 Å². The van der Waals surface area contributed by atoms with Crippen LogP contribution in [0.1, 0.15) is 25.0 Å². The number of amides is 2. The Morgan fingerprint density at radius 1 is 1.00 bits per heavy atom. The van der Waals surface area contributed by atoms with E-state index >= 15 is 0 Å². The average Bonchev–Trinajstić information content (AvgIpc) is 3.02. The maximum atomic E-state index is 14.3. The summed E-state index contributed by atoms with van der Waals surface area (Å²) in [6.07, 6.45) is -4.18. The minimum atomic E-state index is -5.57. The maximum absolute atomic E-state index is 14.3. The van der Waals surface area contributed by atoms with E-state index in [-0.39, 0.29) is 44.2 Å². The van der Waals surface area contributed by atoms with Gasteiger partial charge in [-0.1, -0.05) is 18.5 Å². The van der Waals surface area contributed by atoms with Crippen LogP contribution < -0.4 is 26.4 Å². The molecule has 1 atom stereocenters. The number of ether oxygens (including phenoxy) is 2. The maximum Gasteiger partial charge on any atom is 0.491 e. The second-order valence-corrected chi connectivity index (χ2v) is 12.9. The van der Waals surface area contributed by atoms with Crippen molar-refractivity contribution in [2.24, 2.45) is 0 Å². The van der Waals surface area contributed by atoms with Gasteiger partial charge in [-0.25, -0.2) is 18.2 Å². The molecule has 1 unspecified atom stereocenters. The SMILES string of the molecule is CCS(=O)(=O)c1ccc(NC(C)=O)cc1CNC(=O)C(Nc1ccc2c(N)nccc2c1)(OC(=O)C(F)(F)F)c1cc(OC)ccc1Cl. The minimum absolute atomic E-state index is 0.0148. The number of hydrogen-bond donors (Lipinski definition) is 4. The van der Waals surface area contributed by atoms with E-state index in [9.17, 15) is 36.0 Å². The van der Waals surface area contributed by atoms with Crippen LogP contribution in [-0.4, -0.2) is 50.2 Å². The van der Waals surface area contributed by atoms with Crippen molar-refractivity contribution in [2.75, 3.05) is 29.2 Å². The fourth-order valence-electron chi connectivity index (χ4n) is 4.71. The van der Waals surface area contributed by atoms with Gasteiger partial charge in [0.25, 0.3) is 11.6 Å². The van der Waals surface area contributed by atoms with Crippen LogP contribution >= 0.6 is 11.6 Å². The number of hydrogen-bond acceptors (Lipinski definition) is 10. The highest BCUT2D eigenvalue weighted by Gasteiger charge is 2.52. The molecule has 1 aromatic heterocycles. The van der Waals surface area contributed by atoms with Crippen molar-refractivity contribution in [3.63, 3.8) is 0 Å². The van der Waals surface area contributed by atoms with Gasteiger partial charge in [-0.15, -0.1) is 0 Å². The number of alkyl halides is 3. The average molecular weight is 708 g/mol. The van der Waals surface area contributed by atoms with Crippen molar-refractivity contribution in [3.8, 4) is 5.75 Å². The van der Waals surface area contributed by atoms with E-state index in [0.29, 0.717) is 10.8 Å².